The van der Waals surface area contributed by atoms with Crippen LogP contribution in [0.25, 0.3) is 0 Å². The Morgan fingerprint density at radius 2 is 2.33 bits per heavy atom. The van der Waals surface area contributed by atoms with E-state index >= 15 is 0 Å². The van der Waals surface area contributed by atoms with Crippen molar-refractivity contribution in [3.63, 3.8) is 0 Å². The Labute approximate surface area is 91.0 Å². The lowest BCUT2D eigenvalue weighted by Gasteiger charge is -2.21. The summed E-state index contributed by atoms with van der Waals surface area (Å²) in [7, 11) is 0. The smallest absolute Gasteiger partial charge is 0.234 e. The van der Waals surface area contributed by atoms with Crippen molar-refractivity contribution in [3.8, 4) is 0 Å². The van der Waals surface area contributed by atoms with Crippen molar-refractivity contribution < 1.29 is 9.59 Å². The molecule has 1 amide bonds. The fourth-order valence-electron chi connectivity index (χ4n) is 1.71. The fourth-order valence-corrected chi connectivity index (χ4v) is 1.71. The lowest BCUT2D eigenvalue weighted by atomic mass is 10.1. The van der Waals surface area contributed by atoms with Crippen molar-refractivity contribution in [3.05, 3.63) is 0 Å². The normalized spacial score (nSPS) is 21.9. The molecule has 4 heteroatoms. The zero-order valence-electron chi connectivity index (χ0n) is 9.53. The SMILES string of the molecule is CC(C)CCC(=O)NN1CCCC1C=O. The molecule has 0 bridgehead atoms. The van der Waals surface area contributed by atoms with E-state index in [1.54, 1.807) is 5.01 Å². The second kappa shape index (κ2) is 5.85. The van der Waals surface area contributed by atoms with Crippen LogP contribution in [0.1, 0.15) is 39.5 Å². The first kappa shape index (κ1) is 12.2. The highest BCUT2D eigenvalue weighted by Crippen LogP contribution is 2.12. The van der Waals surface area contributed by atoms with E-state index in [1.165, 1.54) is 0 Å². The molecule has 0 aromatic heterocycles. The van der Waals surface area contributed by atoms with Gasteiger partial charge >= 0.3 is 0 Å². The zero-order chi connectivity index (χ0) is 11.3. The van der Waals surface area contributed by atoms with Gasteiger partial charge in [0.2, 0.25) is 5.91 Å². The number of hydrogen-bond donors (Lipinski definition) is 1. The predicted octanol–water partition coefficient (Wildman–Crippen LogP) is 1.12. The van der Waals surface area contributed by atoms with Gasteiger partial charge in [-0.05, 0) is 25.2 Å². The average Bonchev–Trinajstić information content (AvgIpc) is 2.62. The van der Waals surface area contributed by atoms with E-state index in [1.807, 2.05) is 0 Å². The topological polar surface area (TPSA) is 49.4 Å². The Balaban J connectivity index is 2.27. The number of carbonyl (C=O) groups is 2. The molecule has 1 saturated heterocycles. The van der Waals surface area contributed by atoms with Gasteiger partial charge in [-0.15, -0.1) is 0 Å². The van der Waals surface area contributed by atoms with E-state index in [0.29, 0.717) is 12.3 Å². The molecule has 1 unspecified atom stereocenters. The van der Waals surface area contributed by atoms with Gasteiger partial charge in [0.1, 0.15) is 6.29 Å². The van der Waals surface area contributed by atoms with Gasteiger partial charge < -0.3 is 4.79 Å². The van der Waals surface area contributed by atoms with Gasteiger partial charge in [0.05, 0.1) is 6.04 Å². The third-order valence-corrected chi connectivity index (χ3v) is 2.67. The number of rotatable bonds is 5. The van der Waals surface area contributed by atoms with Gasteiger partial charge in [-0.25, -0.2) is 5.01 Å². The van der Waals surface area contributed by atoms with E-state index in [4.69, 9.17) is 0 Å². The lowest BCUT2D eigenvalue weighted by Crippen LogP contribution is -2.45. The van der Waals surface area contributed by atoms with E-state index in [9.17, 15) is 9.59 Å². The molecule has 86 valence electrons. The van der Waals surface area contributed by atoms with Crippen LogP contribution in [-0.4, -0.2) is 29.8 Å². The molecule has 4 nitrogen and oxygen atoms in total. The molecule has 0 radical (unpaired) electrons. The van der Waals surface area contributed by atoms with Gasteiger partial charge in [0.25, 0.3) is 0 Å². The van der Waals surface area contributed by atoms with Crippen LogP contribution in [0.5, 0.6) is 0 Å². The van der Waals surface area contributed by atoms with E-state index in [2.05, 4.69) is 19.3 Å². The van der Waals surface area contributed by atoms with Crippen molar-refractivity contribution in [2.75, 3.05) is 6.54 Å². The van der Waals surface area contributed by atoms with Gasteiger partial charge in [-0.1, -0.05) is 13.8 Å². The molecule has 15 heavy (non-hydrogen) atoms. The quantitative estimate of drug-likeness (QED) is 0.695. The second-order valence-electron chi connectivity index (χ2n) is 4.51. The first-order chi connectivity index (χ1) is 7.13. The monoisotopic (exact) mass is 212 g/mol. The summed E-state index contributed by atoms with van der Waals surface area (Å²) in [5, 5.41) is 1.76. The van der Waals surface area contributed by atoms with Crippen LogP contribution < -0.4 is 5.43 Å². The third kappa shape index (κ3) is 4.00. The number of nitrogens with zero attached hydrogens (tertiary/aromatic N) is 1. The maximum Gasteiger partial charge on any atom is 0.234 e. The zero-order valence-corrected chi connectivity index (χ0v) is 9.53. The van der Waals surface area contributed by atoms with Crippen molar-refractivity contribution >= 4 is 12.2 Å². The summed E-state index contributed by atoms with van der Waals surface area (Å²) in [6.45, 7) is 4.98. The molecule has 0 spiro atoms. The van der Waals surface area contributed by atoms with Gasteiger partial charge in [0.15, 0.2) is 0 Å². The summed E-state index contributed by atoms with van der Waals surface area (Å²) in [5.41, 5.74) is 2.80. The molecule has 0 aromatic carbocycles. The average molecular weight is 212 g/mol. The Morgan fingerprint density at radius 3 is 2.93 bits per heavy atom. The fraction of sp³-hybridized carbons (Fsp3) is 0.818. The van der Waals surface area contributed by atoms with E-state index < -0.39 is 0 Å². The van der Waals surface area contributed by atoms with Crippen molar-refractivity contribution in [2.45, 2.75) is 45.6 Å². The van der Waals surface area contributed by atoms with Crippen LogP contribution in [-0.2, 0) is 9.59 Å². The second-order valence-corrected chi connectivity index (χ2v) is 4.51. The Kier molecular flexibility index (Phi) is 4.75. The summed E-state index contributed by atoms with van der Waals surface area (Å²) < 4.78 is 0. The summed E-state index contributed by atoms with van der Waals surface area (Å²) in [4.78, 5) is 22.2. The van der Waals surface area contributed by atoms with Crippen LogP contribution in [0.4, 0.5) is 0 Å². The number of aldehydes is 1. The third-order valence-electron chi connectivity index (χ3n) is 2.67. The number of nitrogens with one attached hydrogen (secondary N) is 1. The summed E-state index contributed by atoms with van der Waals surface area (Å²) >= 11 is 0. The minimum atomic E-state index is -0.118. The van der Waals surface area contributed by atoms with Crippen LogP contribution in [0, 0.1) is 5.92 Å². The molecule has 1 fully saturated rings. The maximum absolute atomic E-state index is 11.5. The number of hydrazine groups is 1. The minimum Gasteiger partial charge on any atom is -0.302 e. The molecule has 1 aliphatic rings. The Bertz CT molecular complexity index is 229. The highest BCUT2D eigenvalue weighted by molar-refractivity contribution is 5.75. The Hall–Kier alpha value is -0.900. The largest absolute Gasteiger partial charge is 0.302 e. The first-order valence-corrected chi connectivity index (χ1v) is 5.65. The molecule has 1 atom stereocenters. The van der Waals surface area contributed by atoms with Gasteiger partial charge in [-0.3, -0.25) is 10.2 Å². The van der Waals surface area contributed by atoms with Gasteiger partial charge in [0, 0.05) is 13.0 Å². The van der Waals surface area contributed by atoms with Crippen molar-refractivity contribution in [1.29, 1.82) is 0 Å². The molecule has 0 aromatic rings. The first-order valence-electron chi connectivity index (χ1n) is 5.65. The highest BCUT2D eigenvalue weighted by atomic mass is 16.2. The molecule has 1 heterocycles. The van der Waals surface area contributed by atoms with Crippen molar-refractivity contribution in [2.24, 2.45) is 5.92 Å². The predicted molar refractivity (Wildman–Crippen MR) is 58.0 cm³/mol. The van der Waals surface area contributed by atoms with Crippen LogP contribution in [0.15, 0.2) is 0 Å². The molecule has 0 saturated carbocycles. The number of carbonyl (C=O) groups excluding carboxylic acids is 2. The molecular formula is C11H20N2O2. The number of hydrogen-bond acceptors (Lipinski definition) is 3. The van der Waals surface area contributed by atoms with Crippen LogP contribution in [0.3, 0.4) is 0 Å². The molecule has 1 N–H and O–H groups in total. The summed E-state index contributed by atoms with van der Waals surface area (Å²) in [5.74, 6) is 0.564. The molecule has 0 aliphatic carbocycles. The highest BCUT2D eigenvalue weighted by Gasteiger charge is 2.24. The Morgan fingerprint density at radius 1 is 1.60 bits per heavy atom. The number of amides is 1. The lowest BCUT2D eigenvalue weighted by molar-refractivity contribution is -0.127. The molecule has 1 aliphatic heterocycles. The van der Waals surface area contributed by atoms with Crippen LogP contribution >= 0.6 is 0 Å². The van der Waals surface area contributed by atoms with Gasteiger partial charge in [-0.2, -0.15) is 0 Å². The summed E-state index contributed by atoms with van der Waals surface area (Å²) in [6, 6.07) is -0.118. The minimum absolute atomic E-state index is 0.0254. The molecule has 1 rings (SSSR count). The maximum atomic E-state index is 11.5. The van der Waals surface area contributed by atoms with E-state index in [-0.39, 0.29) is 11.9 Å². The molecular weight excluding hydrogens is 192 g/mol. The summed E-state index contributed by atoms with van der Waals surface area (Å²) in [6.07, 6.45) is 4.18. The van der Waals surface area contributed by atoms with Crippen molar-refractivity contribution in [1.82, 2.24) is 10.4 Å². The standard InChI is InChI=1S/C11H20N2O2/c1-9(2)5-6-11(15)12-13-7-3-4-10(13)8-14/h8-10H,3-7H2,1-2H3,(H,12,15). The van der Waals surface area contributed by atoms with E-state index in [0.717, 1.165) is 32.1 Å². The van der Waals surface area contributed by atoms with Crippen LogP contribution in [0.2, 0.25) is 0 Å².